The van der Waals surface area contributed by atoms with E-state index in [-0.39, 0.29) is 30.3 Å². The van der Waals surface area contributed by atoms with E-state index < -0.39 is 0 Å². The van der Waals surface area contributed by atoms with E-state index in [1.165, 1.54) is 0 Å². The van der Waals surface area contributed by atoms with Crippen molar-refractivity contribution in [3.05, 3.63) is 23.2 Å². The Morgan fingerprint density at radius 3 is 2.57 bits per heavy atom. The van der Waals surface area contributed by atoms with Crippen molar-refractivity contribution in [1.82, 2.24) is 0 Å². The van der Waals surface area contributed by atoms with Crippen LogP contribution in [0.15, 0.2) is 18.2 Å². The summed E-state index contributed by atoms with van der Waals surface area (Å²) in [5.74, 6) is 0.150. The molecule has 0 radical (unpaired) electrons. The van der Waals surface area contributed by atoms with Crippen LogP contribution in [0, 0.1) is 5.92 Å². The highest BCUT2D eigenvalue weighted by Gasteiger charge is 2.17. The predicted octanol–water partition coefficient (Wildman–Crippen LogP) is 2.71. The summed E-state index contributed by atoms with van der Waals surface area (Å²) in [7, 11) is 1.60. The maximum absolute atomic E-state index is 11.9. The molecule has 0 bridgehead atoms. The van der Waals surface area contributed by atoms with E-state index in [0.717, 1.165) is 0 Å². The van der Waals surface area contributed by atoms with Gasteiger partial charge < -0.3 is 20.5 Å². The fourth-order valence-corrected chi connectivity index (χ4v) is 1.66. The molecule has 21 heavy (non-hydrogen) atoms. The molecule has 0 aliphatic rings. The van der Waals surface area contributed by atoms with Crippen molar-refractivity contribution in [1.29, 1.82) is 0 Å². The molecule has 2 unspecified atom stereocenters. The number of carbonyl (C=O) groups excluding carboxylic acids is 1. The van der Waals surface area contributed by atoms with E-state index in [1.807, 2.05) is 0 Å². The Morgan fingerprint density at radius 2 is 2.05 bits per heavy atom. The first-order valence-electron chi connectivity index (χ1n) is 6.43. The molecule has 1 aromatic carbocycles. The van der Waals surface area contributed by atoms with Crippen LogP contribution < -0.4 is 15.8 Å². The molecular formula is C14H22Cl2N2O3. The van der Waals surface area contributed by atoms with E-state index in [0.29, 0.717) is 29.7 Å². The van der Waals surface area contributed by atoms with Crippen molar-refractivity contribution in [2.75, 3.05) is 25.6 Å². The summed E-state index contributed by atoms with van der Waals surface area (Å²) in [6, 6.07) is 4.89. The normalized spacial score (nSPS) is 13.0. The molecule has 0 saturated carbocycles. The van der Waals surface area contributed by atoms with Gasteiger partial charge in [-0.05, 0) is 25.1 Å². The summed E-state index contributed by atoms with van der Waals surface area (Å²) in [5, 5.41) is 3.21. The van der Waals surface area contributed by atoms with Gasteiger partial charge in [-0.25, -0.2) is 0 Å². The second kappa shape index (κ2) is 9.84. The minimum absolute atomic E-state index is 0. The molecule has 0 spiro atoms. The molecule has 0 aromatic heterocycles. The van der Waals surface area contributed by atoms with Gasteiger partial charge in [0.15, 0.2) is 0 Å². The van der Waals surface area contributed by atoms with Gasteiger partial charge in [0.25, 0.3) is 0 Å². The summed E-state index contributed by atoms with van der Waals surface area (Å²) in [4.78, 5) is 11.9. The molecule has 0 aliphatic heterocycles. The zero-order valence-corrected chi connectivity index (χ0v) is 14.0. The number of nitrogens with two attached hydrogens (primary N) is 1. The van der Waals surface area contributed by atoms with Crippen molar-refractivity contribution >= 4 is 35.6 Å². The lowest BCUT2D eigenvalue weighted by Gasteiger charge is -2.16. The van der Waals surface area contributed by atoms with Crippen LogP contribution in [-0.2, 0) is 9.53 Å². The first-order valence-corrected chi connectivity index (χ1v) is 6.81. The number of amides is 1. The second-order valence-electron chi connectivity index (χ2n) is 4.62. The van der Waals surface area contributed by atoms with Crippen molar-refractivity contribution in [3.8, 4) is 5.75 Å². The Bertz CT molecular complexity index is 456. The van der Waals surface area contributed by atoms with Gasteiger partial charge in [-0.3, -0.25) is 4.79 Å². The molecule has 7 heteroatoms. The summed E-state index contributed by atoms with van der Waals surface area (Å²) >= 11 is 6.09. The number of anilines is 1. The number of methoxy groups -OCH3 is 1. The number of carbonyl (C=O) groups is 1. The van der Waals surface area contributed by atoms with E-state index in [2.05, 4.69) is 5.32 Å². The van der Waals surface area contributed by atoms with Gasteiger partial charge in [0.05, 0.1) is 17.5 Å². The molecule has 5 nitrogen and oxygen atoms in total. The predicted molar refractivity (Wildman–Crippen MR) is 87.5 cm³/mol. The van der Waals surface area contributed by atoms with Gasteiger partial charge in [-0.2, -0.15) is 0 Å². The molecule has 1 amide bonds. The Balaban J connectivity index is 0.00000400. The molecule has 3 N–H and O–H groups in total. The largest absolute Gasteiger partial charge is 0.490 e. The van der Waals surface area contributed by atoms with Crippen LogP contribution >= 0.6 is 24.0 Å². The number of benzene rings is 1. The van der Waals surface area contributed by atoms with Crippen LogP contribution in [0.1, 0.15) is 13.8 Å². The van der Waals surface area contributed by atoms with E-state index in [4.69, 9.17) is 26.8 Å². The second-order valence-corrected chi connectivity index (χ2v) is 5.03. The zero-order chi connectivity index (χ0) is 15.1. The fourth-order valence-electron chi connectivity index (χ4n) is 1.43. The van der Waals surface area contributed by atoms with Crippen LogP contribution in [-0.4, -0.2) is 32.3 Å². The smallest absolute Gasteiger partial charge is 0.228 e. The first-order chi connectivity index (χ1) is 9.45. The van der Waals surface area contributed by atoms with Crippen LogP contribution in [0.5, 0.6) is 5.75 Å². The van der Waals surface area contributed by atoms with Crippen molar-refractivity contribution < 1.29 is 14.3 Å². The van der Waals surface area contributed by atoms with Crippen molar-refractivity contribution in [2.45, 2.75) is 19.9 Å². The molecule has 1 rings (SSSR count). The van der Waals surface area contributed by atoms with E-state index >= 15 is 0 Å². The number of ether oxygens (including phenoxy) is 2. The monoisotopic (exact) mass is 336 g/mol. The third-order valence-electron chi connectivity index (χ3n) is 2.95. The van der Waals surface area contributed by atoms with Gasteiger partial charge in [-0.15, -0.1) is 12.4 Å². The number of halogens is 2. The lowest BCUT2D eigenvalue weighted by atomic mass is 10.0. The SMILES string of the molecule is COCCOc1ccc(NC(=O)C(C)C(C)N)cc1Cl.Cl. The third kappa shape index (κ3) is 6.52. The Labute approximate surface area is 136 Å². The summed E-state index contributed by atoms with van der Waals surface area (Å²) < 4.78 is 10.3. The van der Waals surface area contributed by atoms with Gasteiger partial charge in [0.1, 0.15) is 12.4 Å². The summed E-state index contributed by atoms with van der Waals surface area (Å²) in [5.41, 5.74) is 6.31. The van der Waals surface area contributed by atoms with Crippen LogP contribution in [0.3, 0.4) is 0 Å². The van der Waals surface area contributed by atoms with Crippen LogP contribution in [0.2, 0.25) is 5.02 Å². The van der Waals surface area contributed by atoms with Gasteiger partial charge in [0.2, 0.25) is 5.91 Å². The molecule has 120 valence electrons. The third-order valence-corrected chi connectivity index (χ3v) is 3.24. The molecule has 2 atom stereocenters. The highest BCUT2D eigenvalue weighted by Crippen LogP contribution is 2.27. The summed E-state index contributed by atoms with van der Waals surface area (Å²) in [6.07, 6.45) is 0. The van der Waals surface area contributed by atoms with Gasteiger partial charge in [0, 0.05) is 18.8 Å². The lowest BCUT2D eigenvalue weighted by molar-refractivity contribution is -0.119. The number of hydrogen-bond donors (Lipinski definition) is 2. The molecule has 0 fully saturated rings. The average molecular weight is 337 g/mol. The van der Waals surface area contributed by atoms with Crippen molar-refractivity contribution in [2.24, 2.45) is 11.7 Å². The Hall–Kier alpha value is -1.01. The number of hydrogen-bond acceptors (Lipinski definition) is 4. The summed E-state index contributed by atoms with van der Waals surface area (Å²) in [6.45, 7) is 4.48. The Kier molecular flexibility index (Phi) is 9.37. The minimum Gasteiger partial charge on any atom is -0.490 e. The molecule has 0 saturated heterocycles. The van der Waals surface area contributed by atoms with Gasteiger partial charge >= 0.3 is 0 Å². The molecule has 1 aromatic rings. The maximum atomic E-state index is 11.9. The van der Waals surface area contributed by atoms with Crippen LogP contribution in [0.25, 0.3) is 0 Å². The average Bonchev–Trinajstić information content (AvgIpc) is 2.40. The number of nitrogens with one attached hydrogen (secondary N) is 1. The topological polar surface area (TPSA) is 73.6 Å². The molecule has 0 heterocycles. The first kappa shape index (κ1) is 20.0. The van der Waals surface area contributed by atoms with E-state index in [1.54, 1.807) is 39.2 Å². The standard InChI is InChI=1S/C14H21ClN2O3.ClH/c1-9(10(2)16)14(18)17-11-4-5-13(12(15)8-11)20-7-6-19-3;/h4-5,8-10H,6-7,16H2,1-3H3,(H,17,18);1H. The number of rotatable bonds is 7. The lowest BCUT2D eigenvalue weighted by Crippen LogP contribution is -2.34. The molecular weight excluding hydrogens is 315 g/mol. The van der Waals surface area contributed by atoms with Crippen molar-refractivity contribution in [3.63, 3.8) is 0 Å². The quantitative estimate of drug-likeness (QED) is 0.751. The fraction of sp³-hybridized carbons (Fsp3) is 0.500. The highest BCUT2D eigenvalue weighted by atomic mass is 35.5. The molecule has 0 aliphatic carbocycles. The highest BCUT2D eigenvalue weighted by molar-refractivity contribution is 6.32. The zero-order valence-electron chi connectivity index (χ0n) is 12.4. The maximum Gasteiger partial charge on any atom is 0.228 e. The van der Waals surface area contributed by atoms with E-state index in [9.17, 15) is 4.79 Å². The minimum atomic E-state index is -0.272. The van der Waals surface area contributed by atoms with Crippen LogP contribution in [0.4, 0.5) is 5.69 Å². The Morgan fingerprint density at radius 1 is 1.38 bits per heavy atom. The van der Waals surface area contributed by atoms with Gasteiger partial charge in [-0.1, -0.05) is 18.5 Å².